The molecule has 0 bridgehead atoms. The second-order valence-corrected chi connectivity index (χ2v) is 25.1. The van der Waals surface area contributed by atoms with Gasteiger partial charge in [-0.1, -0.05) is 114 Å². The van der Waals surface area contributed by atoms with E-state index in [-0.39, 0.29) is 67.6 Å². The van der Waals surface area contributed by atoms with E-state index in [0.29, 0.717) is 22.7 Å². The van der Waals surface area contributed by atoms with Crippen LogP contribution in [-0.2, 0) is 61.1 Å². The van der Waals surface area contributed by atoms with E-state index in [9.17, 15) is 33.6 Å². The molecule has 17 nitrogen and oxygen atoms in total. The highest BCUT2D eigenvalue weighted by atomic mass is 35.5. The van der Waals surface area contributed by atoms with Gasteiger partial charge in [0, 0.05) is 48.4 Å². The fourth-order valence-electron chi connectivity index (χ4n) is 11.7. The minimum absolute atomic E-state index is 0.0450. The summed E-state index contributed by atoms with van der Waals surface area (Å²) in [5.41, 5.74) is 6.69. The monoisotopic (exact) mass is 1130 g/mol. The summed E-state index contributed by atoms with van der Waals surface area (Å²) in [4.78, 5) is 102. The van der Waals surface area contributed by atoms with Crippen molar-refractivity contribution < 1.29 is 33.6 Å². The number of likely N-dealkylation sites (tertiary alicyclic amines) is 1. The lowest BCUT2D eigenvalue weighted by Gasteiger charge is -2.42. The second kappa shape index (κ2) is 25.5. The number of amides is 7. The number of fused-ring (bicyclic) bond motifs is 3. The van der Waals surface area contributed by atoms with Gasteiger partial charge in [0.05, 0.1) is 24.2 Å². The highest BCUT2D eigenvalue weighted by molar-refractivity contribution is 6.31. The third-order valence-corrected chi connectivity index (χ3v) is 17.1. The van der Waals surface area contributed by atoms with Gasteiger partial charge in [0.2, 0.25) is 35.4 Å². The summed E-state index contributed by atoms with van der Waals surface area (Å²) in [6, 6.07) is 21.4. The van der Waals surface area contributed by atoms with Crippen LogP contribution in [0.25, 0.3) is 0 Å². The van der Waals surface area contributed by atoms with Gasteiger partial charge in [0.25, 0.3) is 5.91 Å². The van der Waals surface area contributed by atoms with Crippen molar-refractivity contribution >= 4 is 58.6 Å². The molecule has 7 amide bonds. The van der Waals surface area contributed by atoms with Crippen molar-refractivity contribution in [1.29, 1.82) is 0 Å². The molecule has 18 heteroatoms. The first kappa shape index (κ1) is 60.3. The molecule has 2 aliphatic carbocycles. The van der Waals surface area contributed by atoms with Crippen LogP contribution >= 0.6 is 11.6 Å². The quantitative estimate of drug-likeness (QED) is 0.0568. The number of rotatable bonds is 17. The maximum atomic E-state index is 14.9. The predicted molar refractivity (Wildman–Crippen MR) is 315 cm³/mol. The molecule has 4 aromatic carbocycles. The average molecular weight is 1130 g/mol. The maximum absolute atomic E-state index is 14.9. The van der Waals surface area contributed by atoms with Crippen LogP contribution in [0.5, 0.6) is 0 Å². The van der Waals surface area contributed by atoms with E-state index >= 15 is 0 Å². The summed E-state index contributed by atoms with van der Waals surface area (Å²) in [6.45, 7) is 15.2. The molecule has 1 fully saturated rings. The Morgan fingerprint density at radius 2 is 1.15 bits per heavy atom. The molecule has 8 N–H and O–H groups in total. The standard InChI is InChI=1S/C63H83ClN10O7/c1-36(65-9)55(75)71-53(62(3,4)5)60(80)73-34-43-29-44(28-27-40(43)31-51(73)58(78)69-49-23-15-19-38-17-11-13-21-46(38)49)67-33-42-26-25-41(30-48(42)64)57(77)68-45-32-52(59(79)70-50-24-16-20-39-18-12-14-22-47(39)50)74(35-45)61(81)54(63(6,7)8)72-56(76)37(2)66-10/h11-14,17-18,21-22,25-30,36-37,45,49-54,65-67H,15-16,19-20,23-24,31-35H2,1-10H3,(H,68,77)(H,69,78)(H,70,79)(H,71,75)(H,72,76)/t36-,37-,45?,49?,50?,51-,52-,53+,54+/m0/s1. The normalized spacial score (nSPS) is 21.1. The summed E-state index contributed by atoms with van der Waals surface area (Å²) >= 11 is 6.93. The molecule has 4 aliphatic rings. The summed E-state index contributed by atoms with van der Waals surface area (Å²) < 4.78 is 0. The Balaban J connectivity index is 0.971. The third-order valence-electron chi connectivity index (χ3n) is 16.8. The van der Waals surface area contributed by atoms with Crippen LogP contribution in [0.2, 0.25) is 5.02 Å². The van der Waals surface area contributed by atoms with E-state index in [1.807, 2.05) is 90.1 Å². The van der Waals surface area contributed by atoms with Gasteiger partial charge in [-0.25, -0.2) is 0 Å². The Bertz CT molecular complexity index is 3010. The Morgan fingerprint density at radius 3 is 1.68 bits per heavy atom. The Hall–Kier alpha value is -6.82. The molecule has 8 rings (SSSR count). The van der Waals surface area contributed by atoms with E-state index in [1.165, 1.54) is 16.0 Å². The smallest absolute Gasteiger partial charge is 0.251 e. The van der Waals surface area contributed by atoms with Crippen LogP contribution in [0.3, 0.4) is 0 Å². The van der Waals surface area contributed by atoms with Crippen LogP contribution in [0, 0.1) is 10.8 Å². The number of hydrogen-bond acceptors (Lipinski definition) is 10. The molecule has 81 heavy (non-hydrogen) atoms. The molecule has 0 radical (unpaired) electrons. The van der Waals surface area contributed by atoms with Gasteiger partial charge >= 0.3 is 0 Å². The average Bonchev–Trinajstić information content (AvgIpc) is 4.02. The van der Waals surface area contributed by atoms with Gasteiger partial charge in [0.15, 0.2) is 0 Å². The van der Waals surface area contributed by atoms with E-state index in [0.717, 1.165) is 66.5 Å². The molecule has 2 aliphatic heterocycles. The first-order chi connectivity index (χ1) is 38.4. The van der Waals surface area contributed by atoms with Gasteiger partial charge in [-0.05, 0) is 147 Å². The number of carbonyl (C=O) groups excluding carboxylic acids is 7. The highest BCUT2D eigenvalue weighted by Gasteiger charge is 2.47. The molecule has 0 aromatic heterocycles. The zero-order valence-electron chi connectivity index (χ0n) is 48.7. The molecule has 1 saturated heterocycles. The lowest BCUT2D eigenvalue weighted by Crippen LogP contribution is -2.62. The molecular formula is C63H83ClN10O7. The zero-order chi connectivity index (χ0) is 58.5. The fourth-order valence-corrected chi connectivity index (χ4v) is 11.9. The minimum Gasteiger partial charge on any atom is -0.381 e. The SMILES string of the molecule is CN[C@@H](C)C(=O)N[C@H](C(=O)N1Cc2cc(NCc3ccc(C(=O)NC4C[C@@H](C(=O)NC5CCCc6ccccc65)N(C(=O)[C@@H](NC(=O)[C@H](C)NC)C(C)(C)C)C4)cc3Cl)ccc2C[C@H]1C(=O)NC1CCCc2ccccc21)C(C)(C)C. The van der Waals surface area contributed by atoms with Crippen LogP contribution in [0.15, 0.2) is 84.9 Å². The number of carbonyl (C=O) groups is 7. The van der Waals surface area contributed by atoms with Crippen molar-refractivity contribution in [2.45, 2.75) is 174 Å². The van der Waals surface area contributed by atoms with Gasteiger partial charge < -0.3 is 52.3 Å². The summed E-state index contributed by atoms with van der Waals surface area (Å²) in [7, 11) is 3.35. The predicted octanol–water partition coefficient (Wildman–Crippen LogP) is 6.57. The lowest BCUT2D eigenvalue weighted by molar-refractivity contribution is -0.147. The summed E-state index contributed by atoms with van der Waals surface area (Å²) in [6.07, 6.45) is 5.68. The van der Waals surface area contributed by atoms with E-state index < -0.39 is 64.9 Å². The van der Waals surface area contributed by atoms with Crippen molar-refractivity contribution in [2.75, 3.05) is 26.0 Å². The number of benzene rings is 4. The number of hydrogen-bond donors (Lipinski definition) is 8. The van der Waals surface area contributed by atoms with Gasteiger partial charge in [-0.3, -0.25) is 33.6 Å². The Kier molecular flexibility index (Phi) is 19.0. The van der Waals surface area contributed by atoms with Crippen LogP contribution in [-0.4, -0.2) is 114 Å². The van der Waals surface area contributed by atoms with Crippen LogP contribution in [0.1, 0.15) is 149 Å². The van der Waals surface area contributed by atoms with Crippen molar-refractivity contribution in [3.63, 3.8) is 0 Å². The number of nitrogens with one attached hydrogen (secondary N) is 8. The van der Waals surface area contributed by atoms with Crippen molar-refractivity contribution in [3.05, 3.63) is 134 Å². The molecule has 434 valence electrons. The zero-order valence-corrected chi connectivity index (χ0v) is 49.4. The molecule has 9 atom stereocenters. The van der Waals surface area contributed by atoms with Crippen LogP contribution in [0.4, 0.5) is 5.69 Å². The number of anilines is 1. The second-order valence-electron chi connectivity index (χ2n) is 24.7. The molecule has 0 saturated carbocycles. The third kappa shape index (κ3) is 14.1. The molecule has 4 aromatic rings. The number of likely N-dealkylation sites (N-methyl/N-ethyl adjacent to an activating group) is 2. The number of halogens is 1. The lowest BCUT2D eigenvalue weighted by atomic mass is 9.83. The van der Waals surface area contributed by atoms with Gasteiger partial charge in [-0.2, -0.15) is 0 Å². The van der Waals surface area contributed by atoms with Crippen molar-refractivity contribution in [1.82, 2.24) is 47.0 Å². The first-order valence-corrected chi connectivity index (χ1v) is 29.1. The van der Waals surface area contributed by atoms with Gasteiger partial charge in [0.1, 0.15) is 24.2 Å². The molecule has 0 spiro atoms. The number of nitrogens with zero attached hydrogens (tertiary/aromatic N) is 2. The first-order valence-electron chi connectivity index (χ1n) is 28.7. The Labute approximate surface area is 482 Å². The molecule has 2 heterocycles. The molecule has 3 unspecified atom stereocenters. The van der Waals surface area contributed by atoms with E-state index in [4.69, 9.17) is 11.6 Å². The maximum Gasteiger partial charge on any atom is 0.251 e. The van der Waals surface area contributed by atoms with Crippen LogP contribution < -0.4 is 42.5 Å². The van der Waals surface area contributed by atoms with E-state index in [2.05, 4.69) is 60.7 Å². The van der Waals surface area contributed by atoms with Crippen molar-refractivity contribution in [3.8, 4) is 0 Å². The fraction of sp³-hybridized carbons (Fsp3) is 0.508. The number of aryl methyl sites for hydroxylation is 2. The molecular weight excluding hydrogens is 1040 g/mol. The topological polar surface area (TPSA) is 222 Å². The largest absolute Gasteiger partial charge is 0.381 e. The minimum atomic E-state index is -0.962. The summed E-state index contributed by atoms with van der Waals surface area (Å²) in [5, 5.41) is 25.2. The van der Waals surface area contributed by atoms with Gasteiger partial charge in [-0.15, -0.1) is 0 Å². The van der Waals surface area contributed by atoms with Crippen molar-refractivity contribution in [2.24, 2.45) is 10.8 Å². The summed E-state index contributed by atoms with van der Waals surface area (Å²) in [5.74, 6) is -2.41. The Morgan fingerprint density at radius 1 is 0.617 bits per heavy atom. The van der Waals surface area contributed by atoms with E-state index in [1.54, 1.807) is 51.0 Å². The highest BCUT2D eigenvalue weighted by Crippen LogP contribution is 2.35.